The van der Waals surface area contributed by atoms with Gasteiger partial charge in [-0.05, 0) is 0 Å². The predicted molar refractivity (Wildman–Crippen MR) is 79.5 cm³/mol. The van der Waals surface area contributed by atoms with Crippen LogP contribution in [0.5, 0.6) is 11.8 Å². The van der Waals surface area contributed by atoms with Crippen molar-refractivity contribution in [2.24, 2.45) is 0 Å². The first-order valence-corrected chi connectivity index (χ1v) is 7.81. The molecule has 3 rings (SSSR count). The van der Waals surface area contributed by atoms with Crippen molar-refractivity contribution >= 4 is 6.09 Å². The van der Waals surface area contributed by atoms with Gasteiger partial charge in [-0.25, -0.2) is 14.8 Å². The van der Waals surface area contributed by atoms with Crippen LogP contribution in [0.4, 0.5) is 4.79 Å². The molecule has 8 nitrogen and oxygen atoms in total. The Hall–Kier alpha value is -2.09. The van der Waals surface area contributed by atoms with Crippen molar-refractivity contribution in [3.8, 4) is 11.8 Å². The Balaban J connectivity index is 1.50. The molecule has 1 aromatic rings. The lowest BCUT2D eigenvalue weighted by atomic mass is 10.2. The molecule has 1 unspecified atom stereocenters. The molecule has 1 amide bonds. The van der Waals surface area contributed by atoms with Gasteiger partial charge in [0.1, 0.15) is 12.2 Å². The lowest BCUT2D eigenvalue weighted by Gasteiger charge is -2.25. The zero-order valence-corrected chi connectivity index (χ0v) is 13.1. The summed E-state index contributed by atoms with van der Waals surface area (Å²) < 4.78 is 21.7. The van der Waals surface area contributed by atoms with Crippen molar-refractivity contribution in [2.75, 3.05) is 33.4 Å². The summed E-state index contributed by atoms with van der Waals surface area (Å²) >= 11 is 0. The third-order valence-electron chi connectivity index (χ3n) is 3.94. The monoisotopic (exact) mass is 323 g/mol. The standard InChI is InChI=1S/C15H21N3O5/c1-20-13-14(17-6-5-16-13)22-12-2-7-18(10-12)15(19)23-11-3-8-21-9-4-11/h5-6,11-12H,2-4,7-10H2,1H3. The van der Waals surface area contributed by atoms with E-state index in [0.717, 1.165) is 19.3 Å². The van der Waals surface area contributed by atoms with Gasteiger partial charge in [0.25, 0.3) is 11.8 Å². The molecule has 1 aromatic heterocycles. The fourth-order valence-electron chi connectivity index (χ4n) is 2.69. The van der Waals surface area contributed by atoms with Gasteiger partial charge >= 0.3 is 6.09 Å². The zero-order valence-electron chi connectivity index (χ0n) is 13.1. The normalized spacial score (nSPS) is 22.0. The molecule has 2 aliphatic rings. The van der Waals surface area contributed by atoms with Crippen LogP contribution in [0.15, 0.2) is 12.4 Å². The third kappa shape index (κ3) is 4.01. The molecule has 2 saturated heterocycles. The average Bonchev–Trinajstić information content (AvgIpc) is 3.05. The van der Waals surface area contributed by atoms with Crippen LogP contribution in [0.1, 0.15) is 19.3 Å². The van der Waals surface area contributed by atoms with Gasteiger partial charge in [-0.2, -0.15) is 0 Å². The number of nitrogens with zero attached hydrogens (tertiary/aromatic N) is 3. The van der Waals surface area contributed by atoms with E-state index in [2.05, 4.69) is 9.97 Å². The Morgan fingerprint density at radius 3 is 2.65 bits per heavy atom. The molecule has 0 radical (unpaired) electrons. The molecule has 8 heteroatoms. The average molecular weight is 323 g/mol. The van der Waals surface area contributed by atoms with Gasteiger partial charge in [-0.15, -0.1) is 0 Å². The van der Waals surface area contributed by atoms with Crippen LogP contribution in [0.25, 0.3) is 0 Å². The second kappa shape index (κ2) is 7.45. The number of ether oxygens (including phenoxy) is 4. The summed E-state index contributed by atoms with van der Waals surface area (Å²) in [5.41, 5.74) is 0. The first kappa shape index (κ1) is 15.8. The van der Waals surface area contributed by atoms with Gasteiger partial charge in [-0.3, -0.25) is 0 Å². The van der Waals surface area contributed by atoms with E-state index in [4.69, 9.17) is 18.9 Å². The molecule has 0 spiro atoms. The van der Waals surface area contributed by atoms with Crippen molar-refractivity contribution in [1.82, 2.24) is 14.9 Å². The van der Waals surface area contributed by atoms with Crippen LogP contribution in [-0.4, -0.2) is 66.6 Å². The molecule has 0 aromatic carbocycles. The molecule has 0 saturated carbocycles. The minimum Gasteiger partial charge on any atom is -0.477 e. The Kier molecular flexibility index (Phi) is 5.12. The molecule has 126 valence electrons. The highest BCUT2D eigenvalue weighted by Gasteiger charge is 2.31. The van der Waals surface area contributed by atoms with E-state index in [9.17, 15) is 4.79 Å². The Labute approximate surface area is 134 Å². The number of likely N-dealkylation sites (tertiary alicyclic amines) is 1. The van der Waals surface area contributed by atoms with Gasteiger partial charge in [0, 0.05) is 38.2 Å². The van der Waals surface area contributed by atoms with E-state index < -0.39 is 0 Å². The summed E-state index contributed by atoms with van der Waals surface area (Å²) in [4.78, 5) is 22.0. The Bertz CT molecular complexity index is 536. The van der Waals surface area contributed by atoms with Crippen LogP contribution in [0.2, 0.25) is 0 Å². The Morgan fingerprint density at radius 2 is 1.91 bits per heavy atom. The number of amides is 1. The van der Waals surface area contributed by atoms with E-state index in [1.165, 1.54) is 13.3 Å². The molecular weight excluding hydrogens is 302 g/mol. The maximum absolute atomic E-state index is 12.2. The third-order valence-corrected chi connectivity index (χ3v) is 3.94. The molecule has 2 aliphatic heterocycles. The molecule has 1 atom stereocenters. The maximum Gasteiger partial charge on any atom is 0.410 e. The van der Waals surface area contributed by atoms with Crippen molar-refractivity contribution < 1.29 is 23.7 Å². The topological polar surface area (TPSA) is 83.0 Å². The fraction of sp³-hybridized carbons (Fsp3) is 0.667. The molecular formula is C15H21N3O5. The van der Waals surface area contributed by atoms with Crippen LogP contribution in [0.3, 0.4) is 0 Å². The van der Waals surface area contributed by atoms with E-state index in [0.29, 0.717) is 38.1 Å². The number of hydrogen-bond donors (Lipinski definition) is 0. The highest BCUT2D eigenvalue weighted by molar-refractivity contribution is 5.68. The minimum absolute atomic E-state index is 0.0451. The largest absolute Gasteiger partial charge is 0.477 e. The number of carbonyl (C=O) groups excluding carboxylic acids is 1. The van der Waals surface area contributed by atoms with E-state index in [1.54, 1.807) is 11.1 Å². The van der Waals surface area contributed by atoms with Crippen LogP contribution < -0.4 is 9.47 Å². The SMILES string of the molecule is COc1nccnc1OC1CCN(C(=O)OC2CCOCC2)C1. The van der Waals surface area contributed by atoms with Crippen molar-refractivity contribution in [1.29, 1.82) is 0 Å². The van der Waals surface area contributed by atoms with Crippen LogP contribution >= 0.6 is 0 Å². The van der Waals surface area contributed by atoms with Gasteiger partial charge < -0.3 is 23.8 Å². The number of aromatic nitrogens is 2. The smallest absolute Gasteiger partial charge is 0.410 e. The summed E-state index contributed by atoms with van der Waals surface area (Å²) in [7, 11) is 1.52. The van der Waals surface area contributed by atoms with Gasteiger partial charge in [0.15, 0.2) is 0 Å². The molecule has 0 aliphatic carbocycles. The van der Waals surface area contributed by atoms with Crippen molar-refractivity contribution in [3.05, 3.63) is 12.4 Å². The first-order valence-electron chi connectivity index (χ1n) is 7.81. The van der Waals surface area contributed by atoms with Gasteiger partial charge in [-0.1, -0.05) is 0 Å². The van der Waals surface area contributed by atoms with Crippen molar-refractivity contribution in [2.45, 2.75) is 31.5 Å². The van der Waals surface area contributed by atoms with Crippen molar-refractivity contribution in [3.63, 3.8) is 0 Å². The first-order chi connectivity index (χ1) is 11.3. The van der Waals surface area contributed by atoms with E-state index in [1.807, 2.05) is 0 Å². The van der Waals surface area contributed by atoms with E-state index in [-0.39, 0.29) is 18.3 Å². The molecule has 2 fully saturated rings. The van der Waals surface area contributed by atoms with Gasteiger partial charge in [0.2, 0.25) is 0 Å². The second-order valence-electron chi connectivity index (χ2n) is 5.54. The Morgan fingerprint density at radius 1 is 1.17 bits per heavy atom. The summed E-state index contributed by atoms with van der Waals surface area (Å²) in [6.07, 6.45) is 4.87. The summed E-state index contributed by atoms with van der Waals surface area (Å²) in [6, 6.07) is 0. The molecule has 23 heavy (non-hydrogen) atoms. The fourth-order valence-corrected chi connectivity index (χ4v) is 2.69. The number of carbonyl (C=O) groups is 1. The summed E-state index contributed by atoms with van der Waals surface area (Å²) in [6.45, 7) is 2.38. The van der Waals surface area contributed by atoms with E-state index >= 15 is 0 Å². The van der Waals surface area contributed by atoms with Crippen LogP contribution in [0, 0.1) is 0 Å². The summed E-state index contributed by atoms with van der Waals surface area (Å²) in [5, 5.41) is 0. The number of hydrogen-bond acceptors (Lipinski definition) is 7. The highest BCUT2D eigenvalue weighted by atomic mass is 16.6. The summed E-state index contributed by atoms with van der Waals surface area (Å²) in [5.74, 6) is 0.690. The lowest BCUT2D eigenvalue weighted by Crippen LogP contribution is -2.36. The highest BCUT2D eigenvalue weighted by Crippen LogP contribution is 2.24. The maximum atomic E-state index is 12.2. The number of methoxy groups -OCH3 is 1. The molecule has 0 bridgehead atoms. The quantitative estimate of drug-likeness (QED) is 0.824. The second-order valence-corrected chi connectivity index (χ2v) is 5.54. The van der Waals surface area contributed by atoms with Gasteiger partial charge in [0.05, 0.1) is 26.9 Å². The zero-order chi connectivity index (χ0) is 16.1. The molecule has 0 N–H and O–H groups in total. The number of rotatable bonds is 4. The minimum atomic E-state index is -0.283. The predicted octanol–water partition coefficient (Wildman–Crippen LogP) is 1.25. The lowest BCUT2D eigenvalue weighted by molar-refractivity contribution is -0.00899. The van der Waals surface area contributed by atoms with Crippen LogP contribution in [-0.2, 0) is 9.47 Å². The molecule has 3 heterocycles.